The van der Waals surface area contributed by atoms with Gasteiger partial charge >= 0.3 is 0 Å². The molecule has 3 nitrogen and oxygen atoms in total. The highest BCUT2D eigenvalue weighted by molar-refractivity contribution is 9.10. The van der Waals surface area contributed by atoms with Crippen LogP contribution in [-0.4, -0.2) is 17.9 Å². The van der Waals surface area contributed by atoms with Gasteiger partial charge in [-0.05, 0) is 48.7 Å². The van der Waals surface area contributed by atoms with Crippen LogP contribution in [0.3, 0.4) is 0 Å². The second-order valence-electron chi connectivity index (χ2n) is 5.31. The topological polar surface area (TPSA) is 46.3 Å². The van der Waals surface area contributed by atoms with Crippen molar-refractivity contribution in [1.82, 2.24) is 4.90 Å². The van der Waals surface area contributed by atoms with Crippen molar-refractivity contribution in [1.29, 1.82) is 0 Å². The molecule has 21 heavy (non-hydrogen) atoms. The van der Waals surface area contributed by atoms with Crippen LogP contribution in [0.2, 0.25) is 0 Å². The van der Waals surface area contributed by atoms with Gasteiger partial charge < -0.3 is 10.6 Å². The van der Waals surface area contributed by atoms with E-state index in [0.717, 1.165) is 21.2 Å². The SMILES string of the molecule is Cc1cc(C)c(C(=O)N(C)Cc2ccc(Br)cc2)cc1N. The van der Waals surface area contributed by atoms with E-state index in [1.54, 1.807) is 18.0 Å². The van der Waals surface area contributed by atoms with Gasteiger partial charge in [-0.1, -0.05) is 34.1 Å². The summed E-state index contributed by atoms with van der Waals surface area (Å²) in [7, 11) is 1.81. The van der Waals surface area contributed by atoms with E-state index in [9.17, 15) is 4.79 Å². The number of anilines is 1. The van der Waals surface area contributed by atoms with Crippen molar-refractivity contribution < 1.29 is 4.79 Å². The average molecular weight is 347 g/mol. The third-order valence-electron chi connectivity index (χ3n) is 3.52. The molecule has 0 fully saturated rings. The fraction of sp³-hybridized carbons (Fsp3) is 0.235. The molecular weight excluding hydrogens is 328 g/mol. The molecule has 2 N–H and O–H groups in total. The summed E-state index contributed by atoms with van der Waals surface area (Å²) >= 11 is 3.41. The Morgan fingerprint density at radius 1 is 1.14 bits per heavy atom. The molecule has 2 aromatic carbocycles. The summed E-state index contributed by atoms with van der Waals surface area (Å²) in [6, 6.07) is 11.7. The molecule has 1 amide bonds. The zero-order chi connectivity index (χ0) is 15.6. The first-order valence-electron chi connectivity index (χ1n) is 6.75. The Kier molecular flexibility index (Phi) is 4.68. The molecule has 0 heterocycles. The van der Waals surface area contributed by atoms with Crippen LogP contribution in [0.5, 0.6) is 0 Å². The number of nitrogen functional groups attached to an aromatic ring is 1. The van der Waals surface area contributed by atoms with Crippen molar-refractivity contribution in [2.24, 2.45) is 0 Å². The molecule has 110 valence electrons. The molecule has 0 unspecified atom stereocenters. The summed E-state index contributed by atoms with van der Waals surface area (Å²) in [5.74, 6) is -0.0119. The molecule has 0 saturated heterocycles. The van der Waals surface area contributed by atoms with Crippen LogP contribution in [0, 0.1) is 13.8 Å². The summed E-state index contributed by atoms with van der Waals surface area (Å²) in [5, 5.41) is 0. The number of hydrogen-bond acceptors (Lipinski definition) is 2. The zero-order valence-corrected chi connectivity index (χ0v) is 14.1. The predicted molar refractivity (Wildman–Crippen MR) is 90.3 cm³/mol. The van der Waals surface area contributed by atoms with Crippen LogP contribution in [-0.2, 0) is 6.54 Å². The van der Waals surface area contributed by atoms with Gasteiger partial charge in [0.05, 0.1) is 0 Å². The van der Waals surface area contributed by atoms with E-state index in [4.69, 9.17) is 5.73 Å². The highest BCUT2D eigenvalue weighted by Gasteiger charge is 2.15. The number of aryl methyl sites for hydroxylation is 2. The average Bonchev–Trinajstić information content (AvgIpc) is 2.44. The lowest BCUT2D eigenvalue weighted by Crippen LogP contribution is -2.27. The molecule has 0 saturated carbocycles. The molecule has 2 aromatic rings. The smallest absolute Gasteiger partial charge is 0.254 e. The van der Waals surface area contributed by atoms with Crippen LogP contribution < -0.4 is 5.73 Å². The number of nitrogens with zero attached hydrogens (tertiary/aromatic N) is 1. The van der Waals surface area contributed by atoms with Crippen LogP contribution in [0.25, 0.3) is 0 Å². The lowest BCUT2D eigenvalue weighted by Gasteiger charge is -2.19. The molecule has 2 rings (SSSR count). The molecule has 0 aromatic heterocycles. The number of nitrogens with two attached hydrogens (primary N) is 1. The van der Waals surface area contributed by atoms with Crippen molar-refractivity contribution in [2.75, 3.05) is 12.8 Å². The van der Waals surface area contributed by atoms with Gasteiger partial charge in [0.25, 0.3) is 5.91 Å². The molecule has 0 spiro atoms. The maximum atomic E-state index is 12.6. The summed E-state index contributed by atoms with van der Waals surface area (Å²) in [5.41, 5.74) is 10.3. The number of amides is 1. The van der Waals surface area contributed by atoms with Crippen LogP contribution in [0.1, 0.15) is 27.0 Å². The van der Waals surface area contributed by atoms with Crippen molar-refractivity contribution in [3.05, 3.63) is 63.1 Å². The number of carbonyl (C=O) groups excluding carboxylic acids is 1. The highest BCUT2D eigenvalue weighted by Crippen LogP contribution is 2.20. The Bertz CT molecular complexity index is 665. The number of benzene rings is 2. The van der Waals surface area contributed by atoms with E-state index in [1.807, 2.05) is 44.2 Å². The van der Waals surface area contributed by atoms with Crippen molar-refractivity contribution >= 4 is 27.5 Å². The molecule has 0 atom stereocenters. The second-order valence-corrected chi connectivity index (χ2v) is 6.23. The third kappa shape index (κ3) is 3.64. The minimum atomic E-state index is -0.0119. The number of carbonyl (C=O) groups is 1. The molecule has 4 heteroatoms. The van der Waals surface area contributed by atoms with Gasteiger partial charge in [-0.25, -0.2) is 0 Å². The van der Waals surface area contributed by atoms with E-state index in [2.05, 4.69) is 15.9 Å². The van der Waals surface area contributed by atoms with Gasteiger partial charge in [-0.3, -0.25) is 4.79 Å². The largest absolute Gasteiger partial charge is 0.398 e. The second kappa shape index (κ2) is 6.31. The van der Waals surface area contributed by atoms with E-state index < -0.39 is 0 Å². The Labute approximate surface area is 133 Å². The molecular formula is C17H19BrN2O. The minimum absolute atomic E-state index is 0.0119. The van der Waals surface area contributed by atoms with Crippen molar-refractivity contribution in [2.45, 2.75) is 20.4 Å². The van der Waals surface area contributed by atoms with Gasteiger partial charge in [0.1, 0.15) is 0 Å². The first-order valence-corrected chi connectivity index (χ1v) is 7.54. The van der Waals surface area contributed by atoms with Crippen LogP contribution in [0.4, 0.5) is 5.69 Å². The van der Waals surface area contributed by atoms with Gasteiger partial charge in [0.15, 0.2) is 0 Å². The Balaban J connectivity index is 2.19. The fourth-order valence-electron chi connectivity index (χ4n) is 2.24. The van der Waals surface area contributed by atoms with E-state index in [-0.39, 0.29) is 5.91 Å². The van der Waals surface area contributed by atoms with Gasteiger partial charge in [0.2, 0.25) is 0 Å². The molecule has 0 aliphatic carbocycles. The standard InChI is InChI=1S/C17H19BrN2O/c1-11-8-12(2)16(19)9-15(11)17(21)20(3)10-13-4-6-14(18)7-5-13/h4-9H,10,19H2,1-3H3. The van der Waals surface area contributed by atoms with Gasteiger partial charge in [-0.15, -0.1) is 0 Å². The van der Waals surface area contributed by atoms with Gasteiger partial charge in [-0.2, -0.15) is 0 Å². The van der Waals surface area contributed by atoms with Crippen molar-refractivity contribution in [3.8, 4) is 0 Å². The van der Waals surface area contributed by atoms with Crippen LogP contribution in [0.15, 0.2) is 40.9 Å². The first-order chi connectivity index (χ1) is 9.88. The summed E-state index contributed by atoms with van der Waals surface area (Å²) in [6.45, 7) is 4.45. The molecule has 0 aliphatic heterocycles. The maximum absolute atomic E-state index is 12.6. The first kappa shape index (κ1) is 15.6. The highest BCUT2D eigenvalue weighted by atomic mass is 79.9. The van der Waals surface area contributed by atoms with Crippen molar-refractivity contribution in [3.63, 3.8) is 0 Å². The number of halogens is 1. The number of rotatable bonds is 3. The predicted octanol–water partition coefficient (Wildman–Crippen LogP) is 3.92. The monoisotopic (exact) mass is 346 g/mol. The zero-order valence-electron chi connectivity index (χ0n) is 12.5. The Morgan fingerprint density at radius 3 is 2.38 bits per heavy atom. The number of hydrogen-bond donors (Lipinski definition) is 1. The summed E-state index contributed by atoms with van der Waals surface area (Å²) in [6.07, 6.45) is 0. The fourth-order valence-corrected chi connectivity index (χ4v) is 2.50. The Morgan fingerprint density at radius 2 is 1.76 bits per heavy atom. The molecule has 0 bridgehead atoms. The van der Waals surface area contributed by atoms with E-state index in [1.165, 1.54) is 0 Å². The van der Waals surface area contributed by atoms with Crippen LogP contribution >= 0.6 is 15.9 Å². The van der Waals surface area contributed by atoms with E-state index >= 15 is 0 Å². The lowest BCUT2D eigenvalue weighted by molar-refractivity contribution is 0.0784. The lowest BCUT2D eigenvalue weighted by atomic mass is 10.0. The maximum Gasteiger partial charge on any atom is 0.254 e. The molecule has 0 radical (unpaired) electrons. The summed E-state index contributed by atoms with van der Waals surface area (Å²) < 4.78 is 1.03. The minimum Gasteiger partial charge on any atom is -0.398 e. The third-order valence-corrected chi connectivity index (χ3v) is 4.05. The van der Waals surface area contributed by atoms with E-state index in [0.29, 0.717) is 17.8 Å². The molecule has 0 aliphatic rings. The van der Waals surface area contributed by atoms with Gasteiger partial charge in [0, 0.05) is 29.3 Å². The normalized spacial score (nSPS) is 10.5. The Hall–Kier alpha value is -1.81. The quantitative estimate of drug-likeness (QED) is 0.856. The summed E-state index contributed by atoms with van der Waals surface area (Å²) in [4.78, 5) is 14.3.